The second-order valence-corrected chi connectivity index (χ2v) is 4.30. The van der Waals surface area contributed by atoms with Crippen molar-refractivity contribution >= 4 is 17.7 Å². The highest BCUT2D eigenvalue weighted by molar-refractivity contribution is 5.85. The van der Waals surface area contributed by atoms with E-state index in [9.17, 15) is 4.79 Å². The lowest BCUT2D eigenvalue weighted by Gasteiger charge is -2.12. The highest BCUT2D eigenvalue weighted by Crippen LogP contribution is 2.20. The van der Waals surface area contributed by atoms with E-state index in [2.05, 4.69) is 10.0 Å². The number of carboxylic acid groups (broad SMARTS) is 1. The molecule has 0 aliphatic heterocycles. The van der Waals surface area contributed by atoms with Gasteiger partial charge >= 0.3 is 5.97 Å². The number of azide groups is 1. The van der Waals surface area contributed by atoms with Crippen LogP contribution in [0.25, 0.3) is 16.5 Å². The minimum Gasteiger partial charge on any atom is -0.478 e. The Hall–Kier alpha value is -2.30. The van der Waals surface area contributed by atoms with Crippen molar-refractivity contribution in [3.63, 3.8) is 0 Å². The molecule has 0 radical (unpaired) electrons. The molecule has 0 bridgehead atoms. The van der Waals surface area contributed by atoms with E-state index in [0.29, 0.717) is 5.69 Å². The molecule has 0 fully saturated rings. The third-order valence-electron chi connectivity index (χ3n) is 2.52. The van der Waals surface area contributed by atoms with Crippen LogP contribution in [0.15, 0.2) is 29.4 Å². The van der Waals surface area contributed by atoms with E-state index in [1.165, 1.54) is 0 Å². The van der Waals surface area contributed by atoms with Gasteiger partial charge in [-0.3, -0.25) is 0 Å². The molecular formula is C13H16N4O2. The summed E-state index contributed by atoms with van der Waals surface area (Å²) in [7, 11) is 3.92. The summed E-state index contributed by atoms with van der Waals surface area (Å²) in [5.41, 5.74) is 10.7. The zero-order valence-electron chi connectivity index (χ0n) is 10.9. The first-order chi connectivity index (χ1) is 9.02. The molecule has 1 N–H and O–H groups in total. The molecule has 0 aliphatic carbocycles. The van der Waals surface area contributed by atoms with E-state index in [0.717, 1.165) is 30.2 Å². The molecule has 100 valence electrons. The lowest BCUT2D eigenvalue weighted by atomic mass is 10.0. The molecule has 0 aromatic heterocycles. The zero-order chi connectivity index (χ0) is 14.3. The molecule has 0 unspecified atom stereocenters. The summed E-state index contributed by atoms with van der Waals surface area (Å²) in [6.07, 6.45) is 3.40. The molecule has 1 aromatic rings. The van der Waals surface area contributed by atoms with E-state index in [1.807, 2.05) is 19.0 Å². The van der Waals surface area contributed by atoms with E-state index in [1.54, 1.807) is 24.3 Å². The maximum atomic E-state index is 10.6. The lowest BCUT2D eigenvalue weighted by molar-refractivity contribution is -0.131. The van der Waals surface area contributed by atoms with E-state index >= 15 is 0 Å². The molecule has 0 amide bonds. The van der Waals surface area contributed by atoms with Crippen molar-refractivity contribution in [2.45, 2.75) is 6.42 Å². The Morgan fingerprint density at radius 2 is 2.26 bits per heavy atom. The monoisotopic (exact) mass is 260 g/mol. The van der Waals surface area contributed by atoms with Crippen LogP contribution in [-0.4, -0.2) is 36.6 Å². The first kappa shape index (κ1) is 14.8. The average Bonchev–Trinajstić information content (AvgIpc) is 2.35. The fourth-order valence-electron chi connectivity index (χ4n) is 1.59. The molecule has 0 spiro atoms. The number of rotatable bonds is 6. The summed E-state index contributed by atoms with van der Waals surface area (Å²) in [6.45, 7) is 0.827. The van der Waals surface area contributed by atoms with Gasteiger partial charge in [0, 0.05) is 23.2 Å². The number of hydrogen-bond donors (Lipinski definition) is 1. The number of nitrogens with zero attached hydrogens (tertiary/aromatic N) is 4. The van der Waals surface area contributed by atoms with Crippen LogP contribution in [-0.2, 0) is 11.2 Å². The second-order valence-electron chi connectivity index (χ2n) is 4.30. The number of hydrogen-bond acceptors (Lipinski definition) is 3. The highest BCUT2D eigenvalue weighted by Gasteiger charge is 2.03. The van der Waals surface area contributed by atoms with Crippen molar-refractivity contribution in [2.75, 3.05) is 20.6 Å². The molecule has 0 saturated carbocycles. The normalized spacial score (nSPS) is 10.7. The van der Waals surface area contributed by atoms with Crippen molar-refractivity contribution < 1.29 is 9.90 Å². The smallest absolute Gasteiger partial charge is 0.328 e. The molecule has 6 heteroatoms. The maximum Gasteiger partial charge on any atom is 0.328 e. The fraction of sp³-hybridized carbons (Fsp3) is 0.308. The third kappa shape index (κ3) is 5.25. The minimum absolute atomic E-state index is 0.531. The molecule has 0 aliphatic rings. The third-order valence-corrected chi connectivity index (χ3v) is 2.52. The Balaban J connectivity index is 3.06. The van der Waals surface area contributed by atoms with Gasteiger partial charge in [-0.2, -0.15) is 0 Å². The van der Waals surface area contributed by atoms with Crippen LogP contribution in [0.3, 0.4) is 0 Å². The summed E-state index contributed by atoms with van der Waals surface area (Å²) in [6, 6.07) is 5.21. The second kappa shape index (κ2) is 7.20. The van der Waals surface area contributed by atoms with Crippen LogP contribution in [0.4, 0.5) is 5.69 Å². The quantitative estimate of drug-likeness (QED) is 0.369. The Morgan fingerprint density at radius 1 is 1.53 bits per heavy atom. The van der Waals surface area contributed by atoms with Gasteiger partial charge in [0.05, 0.1) is 0 Å². The predicted octanol–water partition coefficient (Wildman–Crippen LogP) is 2.83. The van der Waals surface area contributed by atoms with Crippen LogP contribution in [0.1, 0.15) is 11.1 Å². The van der Waals surface area contributed by atoms with Gasteiger partial charge in [-0.15, -0.1) is 0 Å². The Bertz CT molecular complexity index is 531. The van der Waals surface area contributed by atoms with E-state index in [-0.39, 0.29) is 0 Å². The maximum absolute atomic E-state index is 10.6. The molecule has 0 atom stereocenters. The van der Waals surface area contributed by atoms with Crippen LogP contribution in [0.2, 0.25) is 0 Å². The number of aliphatic carboxylic acids is 1. The van der Waals surface area contributed by atoms with Gasteiger partial charge in [0.2, 0.25) is 0 Å². The minimum atomic E-state index is -0.988. The molecule has 1 aromatic carbocycles. The van der Waals surface area contributed by atoms with Crippen LogP contribution in [0.5, 0.6) is 0 Å². The largest absolute Gasteiger partial charge is 0.478 e. The zero-order valence-corrected chi connectivity index (χ0v) is 10.9. The predicted molar refractivity (Wildman–Crippen MR) is 74.2 cm³/mol. The summed E-state index contributed by atoms with van der Waals surface area (Å²) in [5.74, 6) is -0.988. The molecule has 1 rings (SSSR count). The molecule has 19 heavy (non-hydrogen) atoms. The van der Waals surface area contributed by atoms with Crippen molar-refractivity contribution in [3.8, 4) is 0 Å². The highest BCUT2D eigenvalue weighted by atomic mass is 16.4. The van der Waals surface area contributed by atoms with Gasteiger partial charge in [0.1, 0.15) is 0 Å². The molecular weight excluding hydrogens is 244 g/mol. The lowest BCUT2D eigenvalue weighted by Crippen LogP contribution is -2.15. The van der Waals surface area contributed by atoms with Gasteiger partial charge < -0.3 is 10.0 Å². The first-order valence-electron chi connectivity index (χ1n) is 5.76. The van der Waals surface area contributed by atoms with Gasteiger partial charge in [0.15, 0.2) is 0 Å². The van der Waals surface area contributed by atoms with Gasteiger partial charge in [-0.25, -0.2) is 4.79 Å². The number of likely N-dealkylation sites (N-methyl/N-ethyl adjacent to an activating group) is 1. The van der Waals surface area contributed by atoms with E-state index in [4.69, 9.17) is 10.6 Å². The van der Waals surface area contributed by atoms with E-state index < -0.39 is 5.97 Å². The number of carbonyl (C=O) groups is 1. The van der Waals surface area contributed by atoms with Crippen LogP contribution in [0, 0.1) is 0 Å². The van der Waals surface area contributed by atoms with Crippen molar-refractivity contribution in [3.05, 3.63) is 45.8 Å². The Labute approximate surface area is 111 Å². The van der Waals surface area contributed by atoms with Crippen LogP contribution >= 0.6 is 0 Å². The topological polar surface area (TPSA) is 89.3 Å². The van der Waals surface area contributed by atoms with Crippen molar-refractivity contribution in [1.29, 1.82) is 0 Å². The van der Waals surface area contributed by atoms with Crippen LogP contribution < -0.4 is 0 Å². The summed E-state index contributed by atoms with van der Waals surface area (Å²) >= 11 is 0. The Morgan fingerprint density at radius 3 is 2.84 bits per heavy atom. The van der Waals surface area contributed by atoms with Gasteiger partial charge in [-0.1, -0.05) is 17.2 Å². The SMILES string of the molecule is CN(C)CCc1cc(N=[N+]=[N-])ccc1C=CC(=O)O. The summed E-state index contributed by atoms with van der Waals surface area (Å²) < 4.78 is 0. The van der Waals surface area contributed by atoms with Crippen molar-refractivity contribution in [2.24, 2.45) is 5.11 Å². The molecule has 0 heterocycles. The van der Waals surface area contributed by atoms with Gasteiger partial charge in [0.25, 0.3) is 0 Å². The molecule has 0 saturated heterocycles. The molecule has 6 nitrogen and oxygen atoms in total. The number of benzene rings is 1. The summed E-state index contributed by atoms with van der Waals surface area (Å²) in [4.78, 5) is 15.3. The Kier molecular flexibility index (Phi) is 5.60. The average molecular weight is 260 g/mol. The standard InChI is InChI=1S/C13H16N4O2/c1-17(2)8-7-11-9-12(15-16-14)5-3-10(11)4-6-13(18)19/h3-6,9H,7-8H2,1-2H3,(H,18,19). The van der Waals surface area contributed by atoms with Gasteiger partial charge in [-0.05, 0) is 49.3 Å². The fourth-order valence-corrected chi connectivity index (χ4v) is 1.59. The first-order valence-corrected chi connectivity index (χ1v) is 5.76. The number of carboxylic acids is 1. The van der Waals surface area contributed by atoms with Crippen molar-refractivity contribution in [1.82, 2.24) is 4.90 Å². The summed E-state index contributed by atoms with van der Waals surface area (Å²) in [5, 5.41) is 12.2.